The molecule has 0 amide bonds. The van der Waals surface area contributed by atoms with Gasteiger partial charge < -0.3 is 5.11 Å². The standard InChI is InChI=1S/C9H14O2/c10-8-5-4-6-2-1-3-7(8)9(6)11/h6-7,9,11H,1-5H2/t6-,7+,9-/m1/s1. The van der Waals surface area contributed by atoms with E-state index in [2.05, 4.69) is 0 Å². The minimum absolute atomic E-state index is 0.00231. The minimum atomic E-state index is -0.301. The summed E-state index contributed by atoms with van der Waals surface area (Å²) in [6, 6.07) is 0. The SMILES string of the molecule is O=C1CC[C@H]2CCC[C@@H]1[C@@H]2O. The molecule has 2 rings (SSSR count). The van der Waals surface area contributed by atoms with Crippen molar-refractivity contribution in [1.82, 2.24) is 0 Å². The summed E-state index contributed by atoms with van der Waals surface area (Å²) in [5.41, 5.74) is 0. The van der Waals surface area contributed by atoms with Crippen molar-refractivity contribution in [3.05, 3.63) is 0 Å². The Morgan fingerprint density at radius 3 is 2.82 bits per heavy atom. The second-order valence-electron chi connectivity index (χ2n) is 3.79. The molecule has 0 heterocycles. The Bertz CT molecular complexity index is 176. The monoisotopic (exact) mass is 154 g/mol. The van der Waals surface area contributed by atoms with Crippen LogP contribution in [-0.2, 0) is 4.79 Å². The molecule has 0 aromatic heterocycles. The van der Waals surface area contributed by atoms with Crippen molar-refractivity contribution >= 4 is 5.78 Å². The van der Waals surface area contributed by atoms with Crippen LogP contribution in [0.3, 0.4) is 0 Å². The predicted molar refractivity (Wildman–Crippen MR) is 41.1 cm³/mol. The fourth-order valence-corrected chi connectivity index (χ4v) is 2.45. The number of carbonyl (C=O) groups excluding carboxylic acids is 1. The molecule has 2 aliphatic rings. The van der Waals surface area contributed by atoms with Crippen LogP contribution in [0.25, 0.3) is 0 Å². The third-order valence-corrected chi connectivity index (χ3v) is 3.16. The zero-order chi connectivity index (χ0) is 7.84. The van der Waals surface area contributed by atoms with Gasteiger partial charge >= 0.3 is 0 Å². The first-order chi connectivity index (χ1) is 5.29. The fraction of sp³-hybridized carbons (Fsp3) is 0.889. The van der Waals surface area contributed by atoms with Gasteiger partial charge in [0.1, 0.15) is 5.78 Å². The molecule has 3 atom stereocenters. The molecule has 2 heteroatoms. The number of rotatable bonds is 0. The van der Waals surface area contributed by atoms with Crippen molar-refractivity contribution < 1.29 is 9.90 Å². The molecule has 11 heavy (non-hydrogen) atoms. The highest BCUT2D eigenvalue weighted by Gasteiger charge is 2.39. The maximum absolute atomic E-state index is 11.3. The number of fused-ring (bicyclic) bond motifs is 2. The Labute approximate surface area is 66.6 Å². The molecule has 0 radical (unpaired) electrons. The predicted octanol–water partition coefficient (Wildman–Crippen LogP) is 1.13. The van der Waals surface area contributed by atoms with Crippen LogP contribution in [0.4, 0.5) is 0 Å². The number of Topliss-reactive ketones (excluding diaryl/α,β-unsaturated/α-hetero) is 1. The highest BCUT2D eigenvalue weighted by Crippen LogP contribution is 2.37. The summed E-state index contributed by atoms with van der Waals surface area (Å²) in [5.74, 6) is 0.738. The van der Waals surface area contributed by atoms with Crippen molar-refractivity contribution in [2.75, 3.05) is 0 Å². The first-order valence-corrected chi connectivity index (χ1v) is 4.50. The van der Waals surface area contributed by atoms with E-state index in [1.165, 1.54) is 0 Å². The Morgan fingerprint density at radius 2 is 2.09 bits per heavy atom. The van der Waals surface area contributed by atoms with Crippen LogP contribution in [-0.4, -0.2) is 17.0 Å². The molecular formula is C9H14O2. The highest BCUT2D eigenvalue weighted by atomic mass is 16.3. The Morgan fingerprint density at radius 1 is 1.27 bits per heavy atom. The smallest absolute Gasteiger partial charge is 0.138 e. The largest absolute Gasteiger partial charge is 0.392 e. The van der Waals surface area contributed by atoms with Crippen molar-refractivity contribution in [3.63, 3.8) is 0 Å². The maximum Gasteiger partial charge on any atom is 0.138 e. The Hall–Kier alpha value is -0.370. The Balaban J connectivity index is 2.15. The topological polar surface area (TPSA) is 37.3 Å². The lowest BCUT2D eigenvalue weighted by Gasteiger charge is -2.38. The van der Waals surface area contributed by atoms with E-state index < -0.39 is 0 Å². The normalized spacial score (nSPS) is 44.1. The lowest BCUT2D eigenvalue weighted by Crippen LogP contribution is -2.42. The lowest BCUT2D eigenvalue weighted by molar-refractivity contribution is -0.135. The van der Waals surface area contributed by atoms with E-state index in [1.807, 2.05) is 0 Å². The van der Waals surface area contributed by atoms with Crippen molar-refractivity contribution in [1.29, 1.82) is 0 Å². The molecule has 2 bridgehead atoms. The van der Waals surface area contributed by atoms with E-state index in [0.717, 1.165) is 25.7 Å². The van der Waals surface area contributed by atoms with E-state index in [4.69, 9.17) is 0 Å². The molecule has 2 aliphatic carbocycles. The van der Waals surface area contributed by atoms with Crippen LogP contribution >= 0.6 is 0 Å². The molecule has 0 spiro atoms. The van der Waals surface area contributed by atoms with Gasteiger partial charge in [-0.1, -0.05) is 6.42 Å². The third kappa shape index (κ3) is 1.09. The number of ketones is 1. The summed E-state index contributed by atoms with van der Waals surface area (Å²) in [6.45, 7) is 0. The molecule has 2 fully saturated rings. The quantitative estimate of drug-likeness (QED) is 0.568. The second kappa shape index (κ2) is 2.59. The summed E-state index contributed by atoms with van der Waals surface area (Å²) in [6.07, 6.45) is 4.53. The third-order valence-electron chi connectivity index (χ3n) is 3.16. The number of carbonyl (C=O) groups is 1. The molecule has 1 N–H and O–H groups in total. The van der Waals surface area contributed by atoms with E-state index >= 15 is 0 Å². The molecule has 0 unspecified atom stereocenters. The van der Waals surface area contributed by atoms with E-state index in [9.17, 15) is 9.90 Å². The second-order valence-corrected chi connectivity index (χ2v) is 3.79. The van der Waals surface area contributed by atoms with Gasteiger partial charge in [0.05, 0.1) is 6.10 Å². The van der Waals surface area contributed by atoms with Crippen LogP contribution in [0.15, 0.2) is 0 Å². The van der Waals surface area contributed by atoms with Gasteiger partial charge in [-0.15, -0.1) is 0 Å². The number of aliphatic hydroxyl groups excluding tert-OH is 1. The van der Waals surface area contributed by atoms with E-state index in [1.54, 1.807) is 0 Å². The average Bonchev–Trinajstić information content (AvgIpc) is 1.98. The van der Waals surface area contributed by atoms with Crippen molar-refractivity contribution in [2.24, 2.45) is 11.8 Å². The summed E-state index contributed by atoms with van der Waals surface area (Å²) >= 11 is 0. The van der Waals surface area contributed by atoms with Gasteiger partial charge in [-0.25, -0.2) is 0 Å². The van der Waals surface area contributed by atoms with Crippen LogP contribution in [0.1, 0.15) is 32.1 Å². The van der Waals surface area contributed by atoms with Gasteiger partial charge in [-0.2, -0.15) is 0 Å². The zero-order valence-corrected chi connectivity index (χ0v) is 6.62. The molecule has 2 saturated carbocycles. The van der Waals surface area contributed by atoms with Crippen LogP contribution < -0.4 is 0 Å². The molecule has 0 aromatic rings. The summed E-state index contributed by atoms with van der Waals surface area (Å²) in [4.78, 5) is 11.3. The van der Waals surface area contributed by atoms with Gasteiger partial charge in [0, 0.05) is 12.3 Å². The van der Waals surface area contributed by atoms with Crippen molar-refractivity contribution in [3.8, 4) is 0 Å². The zero-order valence-electron chi connectivity index (χ0n) is 6.62. The van der Waals surface area contributed by atoms with Crippen LogP contribution in [0.2, 0.25) is 0 Å². The van der Waals surface area contributed by atoms with Crippen LogP contribution in [0.5, 0.6) is 0 Å². The molecular weight excluding hydrogens is 140 g/mol. The van der Waals surface area contributed by atoms with Gasteiger partial charge in [0.2, 0.25) is 0 Å². The molecule has 0 saturated heterocycles. The summed E-state index contributed by atoms with van der Waals surface area (Å²) in [5, 5.41) is 9.64. The van der Waals surface area contributed by atoms with Gasteiger partial charge in [-0.3, -0.25) is 4.79 Å². The van der Waals surface area contributed by atoms with Gasteiger partial charge in [0.25, 0.3) is 0 Å². The molecule has 0 aromatic carbocycles. The van der Waals surface area contributed by atoms with E-state index in [-0.39, 0.29) is 12.0 Å². The van der Waals surface area contributed by atoms with Gasteiger partial charge in [0.15, 0.2) is 0 Å². The summed E-state index contributed by atoms with van der Waals surface area (Å²) < 4.78 is 0. The maximum atomic E-state index is 11.3. The number of hydrogen-bond acceptors (Lipinski definition) is 2. The van der Waals surface area contributed by atoms with E-state index in [0.29, 0.717) is 18.1 Å². The first-order valence-electron chi connectivity index (χ1n) is 4.50. The molecule has 0 aliphatic heterocycles. The first kappa shape index (κ1) is 7.29. The minimum Gasteiger partial charge on any atom is -0.392 e. The highest BCUT2D eigenvalue weighted by molar-refractivity contribution is 5.82. The average molecular weight is 154 g/mol. The van der Waals surface area contributed by atoms with Gasteiger partial charge in [-0.05, 0) is 25.2 Å². The summed E-state index contributed by atoms with van der Waals surface area (Å²) in [7, 11) is 0. The fourth-order valence-electron chi connectivity index (χ4n) is 2.45. The van der Waals surface area contributed by atoms with Crippen molar-refractivity contribution in [2.45, 2.75) is 38.2 Å². The lowest BCUT2D eigenvalue weighted by atomic mass is 9.69. The molecule has 2 nitrogen and oxygen atoms in total. The number of hydrogen-bond donors (Lipinski definition) is 1. The van der Waals surface area contributed by atoms with Crippen LogP contribution in [0, 0.1) is 11.8 Å². The molecule has 62 valence electrons. The Kier molecular flexibility index (Phi) is 1.72. The number of aliphatic hydroxyl groups is 1.